The van der Waals surface area contributed by atoms with Crippen LogP contribution >= 0.6 is 0 Å². The SMILES string of the molecule is CCC(C)c1ccccc1NC(=O)C(C)N1CCN(CC(=O)NC(C)C)CC1. The highest BCUT2D eigenvalue weighted by Gasteiger charge is 2.27. The summed E-state index contributed by atoms with van der Waals surface area (Å²) in [6.07, 6.45) is 1.04. The first-order chi connectivity index (χ1) is 13.3. The molecule has 1 aromatic carbocycles. The highest BCUT2D eigenvalue weighted by Crippen LogP contribution is 2.26. The molecule has 1 fully saturated rings. The van der Waals surface area contributed by atoms with Crippen LogP contribution in [0.25, 0.3) is 0 Å². The van der Waals surface area contributed by atoms with Crippen molar-refractivity contribution >= 4 is 17.5 Å². The Morgan fingerprint density at radius 3 is 2.29 bits per heavy atom. The normalized spacial score (nSPS) is 17.9. The fourth-order valence-corrected chi connectivity index (χ4v) is 3.54. The van der Waals surface area contributed by atoms with Crippen molar-refractivity contribution in [1.82, 2.24) is 15.1 Å². The van der Waals surface area contributed by atoms with Gasteiger partial charge in [-0.15, -0.1) is 0 Å². The molecule has 1 aliphatic heterocycles. The number of nitrogens with zero attached hydrogens (tertiary/aromatic N) is 2. The van der Waals surface area contributed by atoms with Crippen LogP contribution in [-0.4, -0.2) is 66.4 Å². The molecule has 2 unspecified atom stereocenters. The first-order valence-electron chi connectivity index (χ1n) is 10.5. The van der Waals surface area contributed by atoms with Crippen molar-refractivity contribution < 1.29 is 9.59 Å². The smallest absolute Gasteiger partial charge is 0.241 e. The number of piperazine rings is 1. The van der Waals surface area contributed by atoms with Gasteiger partial charge in [0.15, 0.2) is 0 Å². The predicted molar refractivity (Wildman–Crippen MR) is 115 cm³/mol. The van der Waals surface area contributed by atoms with Crippen molar-refractivity contribution in [3.8, 4) is 0 Å². The Morgan fingerprint density at radius 1 is 1.04 bits per heavy atom. The van der Waals surface area contributed by atoms with Gasteiger partial charge in [-0.25, -0.2) is 0 Å². The maximum absolute atomic E-state index is 12.8. The van der Waals surface area contributed by atoms with Gasteiger partial charge in [-0.05, 0) is 44.7 Å². The van der Waals surface area contributed by atoms with Crippen LogP contribution in [0.3, 0.4) is 0 Å². The van der Waals surface area contributed by atoms with E-state index in [-0.39, 0.29) is 23.9 Å². The Balaban J connectivity index is 1.87. The minimum Gasteiger partial charge on any atom is -0.353 e. The Labute approximate surface area is 169 Å². The third kappa shape index (κ3) is 6.31. The van der Waals surface area contributed by atoms with Gasteiger partial charge in [0.05, 0.1) is 12.6 Å². The summed E-state index contributed by atoms with van der Waals surface area (Å²) in [5.74, 6) is 0.505. The van der Waals surface area contributed by atoms with Gasteiger partial charge in [-0.1, -0.05) is 32.0 Å². The summed E-state index contributed by atoms with van der Waals surface area (Å²) < 4.78 is 0. The fourth-order valence-electron chi connectivity index (χ4n) is 3.54. The first kappa shape index (κ1) is 22.4. The van der Waals surface area contributed by atoms with Gasteiger partial charge in [0, 0.05) is 37.9 Å². The molecule has 2 atom stereocenters. The summed E-state index contributed by atoms with van der Waals surface area (Å²) >= 11 is 0. The second-order valence-corrected chi connectivity index (χ2v) is 8.10. The molecule has 0 bridgehead atoms. The molecule has 6 heteroatoms. The number of amides is 2. The molecule has 2 N–H and O–H groups in total. The quantitative estimate of drug-likeness (QED) is 0.719. The van der Waals surface area contributed by atoms with Crippen molar-refractivity contribution in [1.29, 1.82) is 0 Å². The van der Waals surface area contributed by atoms with Crippen LogP contribution < -0.4 is 10.6 Å². The average Bonchev–Trinajstić information content (AvgIpc) is 2.67. The topological polar surface area (TPSA) is 64.7 Å². The molecule has 0 saturated carbocycles. The lowest BCUT2D eigenvalue weighted by Crippen LogP contribution is -2.54. The van der Waals surface area contributed by atoms with E-state index in [0.717, 1.165) is 38.3 Å². The maximum atomic E-state index is 12.8. The highest BCUT2D eigenvalue weighted by molar-refractivity contribution is 5.95. The minimum absolute atomic E-state index is 0.0294. The van der Waals surface area contributed by atoms with E-state index in [2.05, 4.69) is 40.3 Å². The van der Waals surface area contributed by atoms with Crippen LogP contribution in [0.15, 0.2) is 24.3 Å². The second-order valence-electron chi connectivity index (χ2n) is 8.10. The summed E-state index contributed by atoms with van der Waals surface area (Å²) in [5, 5.41) is 6.06. The molecule has 1 saturated heterocycles. The zero-order valence-electron chi connectivity index (χ0n) is 18.0. The Hall–Kier alpha value is -1.92. The number of rotatable bonds is 8. The number of hydrogen-bond donors (Lipinski definition) is 2. The summed E-state index contributed by atoms with van der Waals surface area (Å²) in [5.41, 5.74) is 2.10. The number of nitrogens with one attached hydrogen (secondary N) is 2. The predicted octanol–water partition coefficient (Wildman–Crippen LogP) is 2.67. The molecule has 0 aliphatic carbocycles. The monoisotopic (exact) mass is 388 g/mol. The zero-order chi connectivity index (χ0) is 20.7. The summed E-state index contributed by atoms with van der Waals surface area (Å²) in [4.78, 5) is 29.1. The zero-order valence-corrected chi connectivity index (χ0v) is 18.0. The molecule has 1 heterocycles. The summed E-state index contributed by atoms with van der Waals surface area (Å²) in [7, 11) is 0. The Morgan fingerprint density at radius 2 is 1.68 bits per heavy atom. The molecule has 1 aromatic rings. The lowest BCUT2D eigenvalue weighted by Gasteiger charge is -2.37. The van der Waals surface area contributed by atoms with Crippen molar-refractivity contribution in [2.75, 3.05) is 38.0 Å². The van der Waals surface area contributed by atoms with Gasteiger partial charge in [-0.2, -0.15) is 0 Å². The van der Waals surface area contributed by atoms with Crippen molar-refractivity contribution in [2.45, 2.75) is 59.0 Å². The molecule has 2 rings (SSSR count). The van der Waals surface area contributed by atoms with Crippen LogP contribution in [0, 0.1) is 0 Å². The number of hydrogen-bond acceptors (Lipinski definition) is 4. The van der Waals surface area contributed by atoms with Gasteiger partial charge >= 0.3 is 0 Å². The lowest BCUT2D eigenvalue weighted by molar-refractivity contribution is -0.125. The van der Waals surface area contributed by atoms with E-state index in [0.29, 0.717) is 12.5 Å². The Kier molecular flexibility index (Phi) is 8.45. The van der Waals surface area contributed by atoms with E-state index >= 15 is 0 Å². The van der Waals surface area contributed by atoms with Crippen molar-refractivity contribution in [3.63, 3.8) is 0 Å². The van der Waals surface area contributed by atoms with Crippen LogP contribution in [-0.2, 0) is 9.59 Å². The van der Waals surface area contributed by atoms with Gasteiger partial charge in [-0.3, -0.25) is 19.4 Å². The van der Waals surface area contributed by atoms with E-state index in [4.69, 9.17) is 0 Å². The third-order valence-corrected chi connectivity index (χ3v) is 5.51. The molecule has 2 amide bonds. The number of carbonyl (C=O) groups excluding carboxylic acids is 2. The molecule has 0 aromatic heterocycles. The maximum Gasteiger partial charge on any atom is 0.241 e. The first-order valence-corrected chi connectivity index (χ1v) is 10.5. The standard InChI is InChI=1S/C22H36N4O2/c1-6-17(4)19-9-7-8-10-20(19)24-22(28)18(5)26-13-11-25(12-14-26)15-21(27)23-16(2)3/h7-10,16-18H,6,11-15H2,1-5H3,(H,23,27)(H,24,28). The van der Waals surface area contributed by atoms with Crippen LogP contribution in [0.4, 0.5) is 5.69 Å². The fraction of sp³-hybridized carbons (Fsp3) is 0.636. The van der Waals surface area contributed by atoms with Crippen LogP contribution in [0.1, 0.15) is 52.5 Å². The molecular weight excluding hydrogens is 352 g/mol. The van der Waals surface area contributed by atoms with E-state index in [1.807, 2.05) is 39.0 Å². The molecule has 1 aliphatic rings. The number of carbonyl (C=O) groups is 2. The third-order valence-electron chi connectivity index (χ3n) is 5.51. The molecule has 6 nitrogen and oxygen atoms in total. The summed E-state index contributed by atoms with van der Waals surface area (Å²) in [6.45, 7) is 13.8. The lowest BCUT2D eigenvalue weighted by atomic mass is 9.97. The average molecular weight is 389 g/mol. The Bertz CT molecular complexity index is 654. The van der Waals surface area contributed by atoms with E-state index in [1.54, 1.807) is 0 Å². The molecule has 156 valence electrons. The van der Waals surface area contributed by atoms with Gasteiger partial charge in [0.25, 0.3) is 0 Å². The van der Waals surface area contributed by atoms with E-state index in [1.165, 1.54) is 5.56 Å². The van der Waals surface area contributed by atoms with Crippen LogP contribution in [0.5, 0.6) is 0 Å². The number of para-hydroxylation sites is 1. The van der Waals surface area contributed by atoms with Gasteiger partial charge < -0.3 is 10.6 Å². The van der Waals surface area contributed by atoms with Crippen molar-refractivity contribution in [2.24, 2.45) is 0 Å². The van der Waals surface area contributed by atoms with Crippen molar-refractivity contribution in [3.05, 3.63) is 29.8 Å². The molecular formula is C22H36N4O2. The minimum atomic E-state index is -0.198. The van der Waals surface area contributed by atoms with Gasteiger partial charge in [0.2, 0.25) is 11.8 Å². The molecule has 0 radical (unpaired) electrons. The van der Waals surface area contributed by atoms with E-state index < -0.39 is 0 Å². The molecule has 0 spiro atoms. The largest absolute Gasteiger partial charge is 0.353 e. The second kappa shape index (κ2) is 10.6. The molecule has 28 heavy (non-hydrogen) atoms. The number of benzene rings is 1. The van der Waals surface area contributed by atoms with E-state index in [9.17, 15) is 9.59 Å². The number of anilines is 1. The summed E-state index contributed by atoms with van der Waals surface area (Å²) in [6, 6.07) is 8.03. The van der Waals surface area contributed by atoms with Crippen LogP contribution in [0.2, 0.25) is 0 Å². The highest BCUT2D eigenvalue weighted by atomic mass is 16.2. The van der Waals surface area contributed by atoms with Gasteiger partial charge in [0.1, 0.15) is 0 Å².